The van der Waals surface area contributed by atoms with Gasteiger partial charge >= 0.3 is 0 Å². The third kappa shape index (κ3) is 9.04. The van der Waals surface area contributed by atoms with E-state index in [0.717, 1.165) is 60.9 Å². The number of amides is 1. The fourth-order valence-corrected chi connectivity index (χ4v) is 4.45. The van der Waals surface area contributed by atoms with Crippen LogP contribution in [0.15, 0.2) is 29.4 Å². The van der Waals surface area contributed by atoms with Crippen LogP contribution in [-0.4, -0.2) is 37.8 Å². The molecule has 1 aliphatic rings. The predicted octanol–water partition coefficient (Wildman–Crippen LogP) is 4.14. The van der Waals surface area contributed by atoms with Crippen molar-refractivity contribution in [1.82, 2.24) is 5.43 Å². The van der Waals surface area contributed by atoms with Crippen LogP contribution >= 0.6 is 0 Å². The van der Waals surface area contributed by atoms with E-state index < -0.39 is 27.4 Å². The van der Waals surface area contributed by atoms with E-state index >= 15 is 0 Å². The van der Waals surface area contributed by atoms with Crippen LogP contribution in [-0.2, 0) is 14.8 Å². The Bertz CT molecular complexity index is 872. The van der Waals surface area contributed by atoms with Crippen molar-refractivity contribution in [1.29, 1.82) is 0 Å². The largest absolute Gasteiger partial charge is 0.271 e. The Kier molecular flexibility index (Phi) is 9.90. The minimum Gasteiger partial charge on any atom is -0.271 e. The molecule has 0 heterocycles. The molecule has 1 aromatic carbocycles. The monoisotopic (exact) mass is 452 g/mol. The number of non-ortho nitro benzene ring substituents is 1. The number of benzene rings is 1. The van der Waals surface area contributed by atoms with Crippen LogP contribution in [0.1, 0.15) is 70.6 Å². The molecule has 2 rings (SSSR count). The molecule has 0 spiro atoms. The number of sulfonamides is 1. The lowest BCUT2D eigenvalue weighted by Gasteiger charge is -2.21. The molecule has 172 valence electrons. The van der Waals surface area contributed by atoms with Crippen LogP contribution in [0.5, 0.6) is 0 Å². The van der Waals surface area contributed by atoms with Crippen molar-refractivity contribution in [2.24, 2.45) is 5.10 Å². The van der Waals surface area contributed by atoms with Gasteiger partial charge in [0.05, 0.1) is 16.9 Å². The maximum atomic E-state index is 12.5. The first-order chi connectivity index (χ1) is 14.8. The van der Waals surface area contributed by atoms with Gasteiger partial charge in [0.1, 0.15) is 6.54 Å². The Morgan fingerprint density at radius 1 is 1.06 bits per heavy atom. The fraction of sp³-hybridized carbons (Fsp3) is 0.619. The molecule has 1 saturated carbocycles. The third-order valence-electron chi connectivity index (χ3n) is 5.29. The van der Waals surface area contributed by atoms with Crippen LogP contribution in [0.4, 0.5) is 11.4 Å². The molecule has 10 heteroatoms. The van der Waals surface area contributed by atoms with Crippen LogP contribution < -0.4 is 9.73 Å². The molecule has 1 aromatic rings. The number of hydrazone groups is 1. The molecule has 1 aliphatic carbocycles. The van der Waals surface area contributed by atoms with Crippen LogP contribution in [0.25, 0.3) is 0 Å². The van der Waals surface area contributed by atoms with Gasteiger partial charge in [0.15, 0.2) is 0 Å². The summed E-state index contributed by atoms with van der Waals surface area (Å²) in [6.07, 6.45) is 13.2. The standard InChI is InChI=1S/C21H32N4O5S/c1-31(29,30)24(19-14-11-15-20(16-19)25(27)28)17-21(26)23-22-18-12-9-7-5-3-2-4-6-8-10-13-18/h11,14-16H,2-10,12-13,17H2,1H3,(H,23,26). The minimum atomic E-state index is -3.82. The zero-order valence-electron chi connectivity index (χ0n) is 18.1. The molecule has 0 saturated heterocycles. The quantitative estimate of drug-likeness (QED) is 0.513. The molecule has 0 radical (unpaired) electrons. The van der Waals surface area contributed by atoms with Gasteiger partial charge < -0.3 is 0 Å². The molecular weight excluding hydrogens is 420 g/mol. The summed E-state index contributed by atoms with van der Waals surface area (Å²) in [5.41, 5.74) is 3.22. The Labute approximate surface area is 184 Å². The summed E-state index contributed by atoms with van der Waals surface area (Å²) >= 11 is 0. The van der Waals surface area contributed by atoms with E-state index in [0.29, 0.717) is 0 Å². The molecular formula is C21H32N4O5S. The van der Waals surface area contributed by atoms with Gasteiger partial charge in [0.2, 0.25) is 10.0 Å². The van der Waals surface area contributed by atoms with Crippen molar-refractivity contribution < 1.29 is 18.1 Å². The normalized spacial score (nSPS) is 16.5. The molecule has 0 atom stereocenters. The summed E-state index contributed by atoms with van der Waals surface area (Å²) in [7, 11) is -3.82. The summed E-state index contributed by atoms with van der Waals surface area (Å²) in [5.74, 6) is -0.587. The van der Waals surface area contributed by atoms with Gasteiger partial charge in [0.25, 0.3) is 11.6 Å². The number of carbonyl (C=O) groups excluding carboxylic acids is 1. The number of carbonyl (C=O) groups is 1. The van der Waals surface area contributed by atoms with Crippen LogP contribution in [0, 0.1) is 10.1 Å². The number of hydrogen-bond donors (Lipinski definition) is 1. The lowest BCUT2D eigenvalue weighted by atomic mass is 10.00. The molecule has 1 fully saturated rings. The van der Waals surface area contributed by atoms with E-state index in [4.69, 9.17) is 0 Å². The highest BCUT2D eigenvalue weighted by Crippen LogP contribution is 2.23. The third-order valence-corrected chi connectivity index (χ3v) is 6.43. The first-order valence-electron chi connectivity index (χ1n) is 10.8. The highest BCUT2D eigenvalue weighted by Gasteiger charge is 2.22. The second kappa shape index (κ2) is 12.4. The van der Waals surface area contributed by atoms with Crippen molar-refractivity contribution in [3.8, 4) is 0 Å². The Balaban J connectivity index is 2.05. The Morgan fingerprint density at radius 3 is 2.13 bits per heavy atom. The number of nitrogens with zero attached hydrogens (tertiary/aromatic N) is 3. The summed E-state index contributed by atoms with van der Waals surface area (Å²) in [6.45, 7) is -0.503. The summed E-state index contributed by atoms with van der Waals surface area (Å²) < 4.78 is 25.3. The van der Waals surface area contributed by atoms with Gasteiger partial charge in [0, 0.05) is 17.8 Å². The fourth-order valence-electron chi connectivity index (χ4n) is 3.60. The molecule has 0 aliphatic heterocycles. The summed E-state index contributed by atoms with van der Waals surface area (Å²) in [6, 6.07) is 5.20. The average molecular weight is 453 g/mol. The average Bonchev–Trinajstić information content (AvgIpc) is 2.71. The van der Waals surface area contributed by atoms with Gasteiger partial charge in [-0.3, -0.25) is 19.2 Å². The van der Waals surface area contributed by atoms with Gasteiger partial charge in [-0.15, -0.1) is 0 Å². The number of hydrogen-bond acceptors (Lipinski definition) is 6. The zero-order chi connectivity index (χ0) is 22.7. The Morgan fingerprint density at radius 2 is 1.61 bits per heavy atom. The molecule has 0 unspecified atom stereocenters. The zero-order valence-corrected chi connectivity index (χ0v) is 18.9. The van der Waals surface area contributed by atoms with E-state index in [1.54, 1.807) is 0 Å². The number of rotatable bonds is 6. The van der Waals surface area contributed by atoms with Crippen molar-refractivity contribution >= 4 is 33.0 Å². The van der Waals surface area contributed by atoms with Crippen molar-refractivity contribution in [2.45, 2.75) is 70.6 Å². The second-order valence-electron chi connectivity index (χ2n) is 7.94. The summed E-state index contributed by atoms with van der Waals surface area (Å²) in [4.78, 5) is 22.8. The number of anilines is 1. The van der Waals surface area contributed by atoms with Gasteiger partial charge in [-0.25, -0.2) is 13.8 Å². The summed E-state index contributed by atoms with van der Waals surface area (Å²) in [5, 5.41) is 15.3. The Hall–Kier alpha value is -2.49. The molecule has 31 heavy (non-hydrogen) atoms. The minimum absolute atomic E-state index is 0.0607. The van der Waals surface area contributed by atoms with Gasteiger partial charge in [-0.2, -0.15) is 5.10 Å². The lowest BCUT2D eigenvalue weighted by molar-refractivity contribution is -0.384. The van der Waals surface area contributed by atoms with Gasteiger partial charge in [-0.05, 0) is 31.7 Å². The molecule has 1 amide bonds. The number of nitro benzene ring substituents is 1. The second-order valence-corrected chi connectivity index (χ2v) is 9.85. The SMILES string of the molecule is CS(=O)(=O)N(CC(=O)NN=C1CCCCCCCCCCC1)c1cccc([N+](=O)[O-])c1. The van der Waals surface area contributed by atoms with E-state index in [9.17, 15) is 23.3 Å². The topological polar surface area (TPSA) is 122 Å². The van der Waals surface area contributed by atoms with Gasteiger partial charge in [-0.1, -0.05) is 51.0 Å². The van der Waals surface area contributed by atoms with Crippen molar-refractivity contribution in [3.05, 3.63) is 34.4 Å². The number of nitrogens with one attached hydrogen (secondary N) is 1. The smallest absolute Gasteiger partial charge is 0.271 e. The maximum Gasteiger partial charge on any atom is 0.271 e. The van der Waals surface area contributed by atoms with Crippen LogP contribution in [0.2, 0.25) is 0 Å². The number of nitro groups is 1. The maximum absolute atomic E-state index is 12.5. The van der Waals surface area contributed by atoms with E-state index in [1.165, 1.54) is 50.3 Å². The highest BCUT2D eigenvalue weighted by atomic mass is 32.2. The molecule has 0 aromatic heterocycles. The predicted molar refractivity (Wildman–Crippen MR) is 122 cm³/mol. The molecule has 1 N–H and O–H groups in total. The first-order valence-corrected chi connectivity index (χ1v) is 12.7. The molecule has 9 nitrogen and oxygen atoms in total. The first kappa shape index (κ1) is 24.8. The van der Waals surface area contributed by atoms with Crippen molar-refractivity contribution in [2.75, 3.05) is 17.1 Å². The highest BCUT2D eigenvalue weighted by molar-refractivity contribution is 7.92. The van der Waals surface area contributed by atoms with E-state index in [1.807, 2.05) is 0 Å². The van der Waals surface area contributed by atoms with E-state index in [-0.39, 0.29) is 11.4 Å². The van der Waals surface area contributed by atoms with E-state index in [2.05, 4.69) is 10.5 Å². The molecule has 0 bridgehead atoms. The van der Waals surface area contributed by atoms with Crippen LogP contribution in [0.3, 0.4) is 0 Å². The lowest BCUT2D eigenvalue weighted by Crippen LogP contribution is -2.39. The van der Waals surface area contributed by atoms with Crippen molar-refractivity contribution in [3.63, 3.8) is 0 Å².